The summed E-state index contributed by atoms with van der Waals surface area (Å²) < 4.78 is 21.5. The van der Waals surface area contributed by atoms with Crippen molar-refractivity contribution in [1.82, 2.24) is 20.0 Å². The van der Waals surface area contributed by atoms with Gasteiger partial charge in [0, 0.05) is 73.6 Å². The predicted molar refractivity (Wildman–Crippen MR) is 168 cm³/mol. The molecular weight excluding hydrogens is 565 g/mol. The van der Waals surface area contributed by atoms with Crippen molar-refractivity contribution in [3.63, 3.8) is 0 Å². The zero-order valence-corrected chi connectivity index (χ0v) is 25.9. The molecule has 234 valence electrons. The molecule has 3 saturated heterocycles. The number of fused-ring (bicyclic) bond motifs is 2. The van der Waals surface area contributed by atoms with Crippen LogP contribution in [-0.4, -0.2) is 127 Å². The zero-order valence-electron chi connectivity index (χ0n) is 25.1. The lowest BCUT2D eigenvalue weighted by molar-refractivity contribution is -0.134. The van der Waals surface area contributed by atoms with E-state index in [4.69, 9.17) is 4.74 Å². The molecule has 7 unspecified atom stereocenters. The lowest BCUT2D eigenvalue weighted by Gasteiger charge is -2.59. The molecule has 8 nitrogen and oxygen atoms in total. The third kappa shape index (κ3) is 5.97. The van der Waals surface area contributed by atoms with Crippen molar-refractivity contribution in [2.24, 2.45) is 5.92 Å². The molecule has 0 spiro atoms. The number of thioether (sulfide) groups is 1. The number of anilines is 1. The summed E-state index contributed by atoms with van der Waals surface area (Å²) in [4.78, 5) is 36.9. The number of morpholine rings is 1. The van der Waals surface area contributed by atoms with Gasteiger partial charge in [-0.1, -0.05) is 31.0 Å². The molecule has 1 aromatic rings. The van der Waals surface area contributed by atoms with E-state index in [1.54, 1.807) is 0 Å². The highest BCUT2D eigenvalue weighted by molar-refractivity contribution is 8.00. The number of nitrogens with zero attached hydrogens (tertiary/aromatic N) is 4. The largest absolute Gasteiger partial charge is 0.379 e. The number of ketones is 1. The molecule has 6 aliphatic rings. The fourth-order valence-electron chi connectivity index (χ4n) is 8.35. The van der Waals surface area contributed by atoms with Crippen LogP contribution in [-0.2, 0) is 14.3 Å². The third-order valence-electron chi connectivity index (χ3n) is 10.6. The van der Waals surface area contributed by atoms with Crippen molar-refractivity contribution in [2.75, 3.05) is 70.5 Å². The van der Waals surface area contributed by atoms with Crippen LogP contribution in [0.15, 0.2) is 42.1 Å². The number of piperazine rings is 1. The summed E-state index contributed by atoms with van der Waals surface area (Å²) in [7, 11) is 0. The number of rotatable bonds is 7. The highest BCUT2D eigenvalue weighted by Crippen LogP contribution is 2.51. The second-order valence-electron chi connectivity index (χ2n) is 13.1. The Morgan fingerprint density at radius 2 is 1.79 bits per heavy atom. The second-order valence-corrected chi connectivity index (χ2v) is 14.5. The van der Waals surface area contributed by atoms with Crippen molar-refractivity contribution in [1.29, 1.82) is 0 Å². The van der Waals surface area contributed by atoms with E-state index in [0.29, 0.717) is 24.4 Å². The van der Waals surface area contributed by atoms with Crippen molar-refractivity contribution in [3.05, 3.63) is 42.1 Å². The highest BCUT2D eigenvalue weighted by Gasteiger charge is 2.58. The van der Waals surface area contributed by atoms with Crippen molar-refractivity contribution >= 4 is 29.1 Å². The van der Waals surface area contributed by atoms with Gasteiger partial charge in [0.25, 0.3) is 5.91 Å². The minimum atomic E-state index is -1.10. The number of nitrogens with one attached hydrogen (secondary N) is 1. The number of amides is 1. The number of hydrogen-bond donors (Lipinski definition) is 1. The van der Waals surface area contributed by atoms with E-state index in [1.165, 1.54) is 12.8 Å². The predicted octanol–water partition coefficient (Wildman–Crippen LogP) is 2.94. The summed E-state index contributed by atoms with van der Waals surface area (Å²) in [6.07, 6.45) is 6.55. The molecule has 4 heterocycles. The average Bonchev–Trinajstić information content (AvgIpc) is 3.06. The number of benzene rings is 1. The van der Waals surface area contributed by atoms with E-state index in [1.807, 2.05) is 41.1 Å². The van der Waals surface area contributed by atoms with Gasteiger partial charge in [0.1, 0.15) is 6.17 Å². The van der Waals surface area contributed by atoms with Gasteiger partial charge in [0.05, 0.1) is 30.9 Å². The van der Waals surface area contributed by atoms with Crippen LogP contribution in [0.4, 0.5) is 10.1 Å². The number of carbonyl (C=O) groups is 2. The summed E-state index contributed by atoms with van der Waals surface area (Å²) in [5.74, 6) is -0.765. The Morgan fingerprint density at radius 3 is 2.58 bits per heavy atom. The van der Waals surface area contributed by atoms with Gasteiger partial charge >= 0.3 is 0 Å². The molecule has 4 aliphatic heterocycles. The maximum atomic E-state index is 16.1. The number of para-hydroxylation sites is 1. The zero-order chi connectivity index (χ0) is 29.3. The number of carbonyl (C=O) groups excluding carboxylic acids is 2. The molecule has 1 N–H and O–H groups in total. The van der Waals surface area contributed by atoms with Crippen molar-refractivity contribution in [3.8, 4) is 0 Å². The van der Waals surface area contributed by atoms with E-state index in [0.717, 1.165) is 77.4 Å². The van der Waals surface area contributed by atoms with E-state index in [-0.39, 0.29) is 41.0 Å². The van der Waals surface area contributed by atoms with Crippen molar-refractivity contribution in [2.45, 2.75) is 73.3 Å². The normalized spacial score (nSPS) is 34.8. The fraction of sp³-hybridized carbons (Fsp3) is 0.697. The number of alkyl halides is 1. The molecule has 43 heavy (non-hydrogen) atoms. The molecule has 7 atom stereocenters. The smallest absolute Gasteiger partial charge is 0.259 e. The molecule has 2 saturated carbocycles. The Hall–Kier alpha value is -2.14. The number of halogens is 1. The van der Waals surface area contributed by atoms with Gasteiger partial charge in [-0.05, 0) is 50.9 Å². The molecule has 5 fully saturated rings. The first-order valence-corrected chi connectivity index (χ1v) is 17.5. The van der Waals surface area contributed by atoms with Gasteiger partial charge in [0.2, 0.25) is 0 Å². The molecular formula is C33H46FN5O3S. The SMILES string of the molecule is O=C1C(C(=O)N2CCN(c3ccccc3)CC2)=CN2C3CCCCC3SC3C(NCCCN4CCOCC4)C(F)CC1C32. The van der Waals surface area contributed by atoms with Gasteiger partial charge in [-0.25, -0.2) is 4.39 Å². The molecule has 10 heteroatoms. The number of ether oxygens (including phenoxy) is 1. The van der Waals surface area contributed by atoms with Gasteiger partial charge in [-0.15, -0.1) is 11.8 Å². The van der Waals surface area contributed by atoms with Gasteiger partial charge in [-0.3, -0.25) is 14.5 Å². The van der Waals surface area contributed by atoms with Crippen LogP contribution in [0.25, 0.3) is 0 Å². The minimum absolute atomic E-state index is 0.00255. The van der Waals surface area contributed by atoms with Crippen LogP contribution >= 0.6 is 11.8 Å². The van der Waals surface area contributed by atoms with E-state index in [9.17, 15) is 9.59 Å². The Balaban J connectivity index is 1.07. The second kappa shape index (κ2) is 13.1. The lowest BCUT2D eigenvalue weighted by Crippen LogP contribution is -2.70. The summed E-state index contributed by atoms with van der Waals surface area (Å²) >= 11 is 1.94. The first-order valence-electron chi connectivity index (χ1n) is 16.5. The number of hydrogen-bond acceptors (Lipinski definition) is 8. The van der Waals surface area contributed by atoms with Crippen LogP contribution in [0.5, 0.6) is 0 Å². The van der Waals surface area contributed by atoms with E-state index >= 15 is 4.39 Å². The average molecular weight is 612 g/mol. The Bertz CT molecular complexity index is 1170. The maximum absolute atomic E-state index is 16.1. The van der Waals surface area contributed by atoms with Crippen LogP contribution in [0, 0.1) is 5.92 Å². The molecule has 0 bridgehead atoms. The summed E-state index contributed by atoms with van der Waals surface area (Å²) in [5.41, 5.74) is 1.44. The molecule has 0 radical (unpaired) electrons. The van der Waals surface area contributed by atoms with Crippen LogP contribution in [0.1, 0.15) is 38.5 Å². The monoisotopic (exact) mass is 611 g/mol. The van der Waals surface area contributed by atoms with Crippen molar-refractivity contribution < 1.29 is 18.7 Å². The van der Waals surface area contributed by atoms with Crippen LogP contribution < -0.4 is 10.2 Å². The standard InChI is InChI=1S/C33H46FN5O3S/c34-26-21-24-30-32(29(26)35-11-6-12-36-17-19-42-20-18-36)43-28-10-5-4-9-27(28)39(30)22-25(31(24)40)33(41)38-15-13-37(14-16-38)23-7-2-1-3-8-23/h1-3,7-8,22,24,26-30,32,35H,4-6,9-21H2. The molecule has 0 aromatic heterocycles. The quantitative estimate of drug-likeness (QED) is 0.373. The Morgan fingerprint density at radius 1 is 1.02 bits per heavy atom. The first kappa shape index (κ1) is 29.6. The molecule has 2 aliphatic carbocycles. The molecule has 1 aromatic carbocycles. The Labute approximate surface area is 259 Å². The Kier molecular flexibility index (Phi) is 8.99. The van der Waals surface area contributed by atoms with Gasteiger partial charge in [-0.2, -0.15) is 0 Å². The molecule has 7 rings (SSSR count). The summed E-state index contributed by atoms with van der Waals surface area (Å²) in [5, 5.41) is 4.03. The van der Waals surface area contributed by atoms with Gasteiger partial charge < -0.3 is 24.8 Å². The first-order chi connectivity index (χ1) is 21.1. The highest BCUT2D eigenvalue weighted by atomic mass is 32.2. The number of Topliss-reactive ketones (excluding diaryl/α,β-unsaturated/α-hetero) is 1. The van der Waals surface area contributed by atoms with Crippen LogP contribution in [0.2, 0.25) is 0 Å². The minimum Gasteiger partial charge on any atom is -0.379 e. The lowest BCUT2D eigenvalue weighted by atomic mass is 9.72. The van der Waals surface area contributed by atoms with Gasteiger partial charge in [0.15, 0.2) is 5.78 Å². The third-order valence-corrected chi connectivity index (χ3v) is 12.4. The molecule has 1 amide bonds. The summed E-state index contributed by atoms with van der Waals surface area (Å²) in [6.45, 7) is 7.92. The fourth-order valence-corrected chi connectivity index (χ4v) is 10.4. The maximum Gasteiger partial charge on any atom is 0.259 e. The van der Waals surface area contributed by atoms with E-state index < -0.39 is 12.1 Å². The summed E-state index contributed by atoms with van der Waals surface area (Å²) in [6, 6.07) is 10.3. The van der Waals surface area contributed by atoms with E-state index in [2.05, 4.69) is 32.1 Å². The topological polar surface area (TPSA) is 68.4 Å². The van der Waals surface area contributed by atoms with Crippen LogP contribution in [0.3, 0.4) is 0 Å².